The van der Waals surface area contributed by atoms with E-state index >= 15 is 0 Å². The molecule has 0 fully saturated rings. The summed E-state index contributed by atoms with van der Waals surface area (Å²) >= 11 is 5.71. The second kappa shape index (κ2) is 16.5. The molecule has 0 unspecified atom stereocenters. The fraction of sp³-hybridized carbons (Fsp3) is 0.353. The first-order chi connectivity index (χ1) is 14.3. The SMILES string of the molecule is CC(=O)Nc1c(I)c(NC(C)=O)c(I)c(C(=O)O)c1I.CCCCN=C(N)NC(=N)N.Cl. The number of anilines is 2. The molecule has 9 N–H and O–H groups in total. The van der Waals surface area contributed by atoms with Gasteiger partial charge < -0.3 is 27.2 Å². The second-order valence-electron chi connectivity index (χ2n) is 5.89. The van der Waals surface area contributed by atoms with E-state index in [1.807, 2.05) is 67.8 Å². The summed E-state index contributed by atoms with van der Waals surface area (Å²) in [5.74, 6) is -1.71. The number of rotatable bonds is 6. The Kier molecular flexibility index (Phi) is 17.0. The zero-order valence-electron chi connectivity index (χ0n) is 17.4. The Bertz CT molecular complexity index is 854. The third kappa shape index (κ3) is 11.6. The summed E-state index contributed by atoms with van der Waals surface area (Å²) < 4.78 is 1.44. The molecule has 11 nitrogen and oxygen atoms in total. The third-order valence-corrected chi connectivity index (χ3v) is 6.43. The summed E-state index contributed by atoms with van der Waals surface area (Å²) in [4.78, 5) is 37.8. The highest BCUT2D eigenvalue weighted by atomic mass is 127. The number of amides is 2. The van der Waals surface area contributed by atoms with E-state index in [0.29, 0.717) is 28.6 Å². The predicted octanol–water partition coefficient (Wildman–Crippen LogP) is 3.12. The molecule has 0 aliphatic heterocycles. The largest absolute Gasteiger partial charge is 0.478 e. The molecular weight excluding hydrogens is 782 g/mol. The number of hydrogen-bond donors (Lipinski definition) is 7. The van der Waals surface area contributed by atoms with Gasteiger partial charge in [-0.1, -0.05) is 13.3 Å². The standard InChI is InChI=1S/C11H9I3N2O4.C6H15N5.ClH/c1-3(17)15-9-6(12)5(11(19)20)7(13)10(8(9)14)16-4(2)18;1-2-3-4-10-6(9)11-5(7)8;/h1-2H3,(H,15,17)(H,16,18)(H,19,20);2-4H2,1H3,(H6,7,8,9,10,11);1H. The van der Waals surface area contributed by atoms with Gasteiger partial charge in [0.05, 0.1) is 27.6 Å². The summed E-state index contributed by atoms with van der Waals surface area (Å²) in [6, 6.07) is 0. The normalized spacial score (nSPS) is 10.1. The molecule has 0 radical (unpaired) electrons. The van der Waals surface area contributed by atoms with E-state index < -0.39 is 5.97 Å². The molecule has 0 bridgehead atoms. The van der Waals surface area contributed by atoms with Gasteiger partial charge in [0, 0.05) is 20.4 Å². The number of carbonyl (C=O) groups excluding carboxylic acids is 2. The topological polar surface area (TPSA) is 196 Å². The van der Waals surface area contributed by atoms with Crippen LogP contribution >= 0.6 is 80.2 Å². The molecule has 2 amide bonds. The van der Waals surface area contributed by atoms with Crippen molar-refractivity contribution in [2.24, 2.45) is 16.5 Å². The summed E-state index contributed by atoms with van der Waals surface area (Å²) in [6.45, 7) is 5.43. The summed E-state index contributed by atoms with van der Waals surface area (Å²) in [6.07, 6.45) is 2.08. The maximum atomic E-state index is 11.4. The van der Waals surface area contributed by atoms with Gasteiger partial charge in [-0.2, -0.15) is 0 Å². The van der Waals surface area contributed by atoms with Crippen LogP contribution in [-0.2, 0) is 9.59 Å². The Hall–Kier alpha value is -1.15. The number of unbranched alkanes of at least 4 members (excludes halogenated alkanes) is 1. The first kappa shape index (κ1) is 33.0. The molecule has 1 rings (SSSR count). The number of hydrogen-bond acceptors (Lipinski definition) is 5. The smallest absolute Gasteiger partial charge is 0.338 e. The van der Waals surface area contributed by atoms with Crippen molar-refractivity contribution in [3.63, 3.8) is 0 Å². The molecule has 0 aromatic heterocycles. The molecule has 180 valence electrons. The van der Waals surface area contributed by atoms with E-state index in [2.05, 4.69) is 27.9 Å². The number of nitrogens with two attached hydrogens (primary N) is 2. The maximum Gasteiger partial charge on any atom is 0.338 e. The number of aromatic carboxylic acids is 1. The van der Waals surface area contributed by atoms with E-state index in [0.717, 1.165) is 12.8 Å². The van der Waals surface area contributed by atoms with Crippen LogP contribution < -0.4 is 27.4 Å². The third-order valence-electron chi connectivity index (χ3n) is 3.19. The van der Waals surface area contributed by atoms with Crippen molar-refractivity contribution in [1.29, 1.82) is 5.41 Å². The number of nitrogens with zero attached hydrogens (tertiary/aromatic N) is 1. The van der Waals surface area contributed by atoms with E-state index in [1.165, 1.54) is 13.8 Å². The Morgan fingerprint density at radius 1 is 1.00 bits per heavy atom. The van der Waals surface area contributed by atoms with Crippen molar-refractivity contribution in [3.05, 3.63) is 16.3 Å². The Labute approximate surface area is 233 Å². The molecule has 15 heteroatoms. The number of carboxylic acid groups (broad SMARTS) is 1. The lowest BCUT2D eigenvalue weighted by Crippen LogP contribution is -2.40. The van der Waals surface area contributed by atoms with Crippen LogP contribution in [0.4, 0.5) is 11.4 Å². The number of nitrogens with one attached hydrogen (secondary N) is 4. The van der Waals surface area contributed by atoms with Crippen molar-refractivity contribution < 1.29 is 19.5 Å². The number of guanidine groups is 2. The highest BCUT2D eigenvalue weighted by molar-refractivity contribution is 14.1. The summed E-state index contributed by atoms with van der Waals surface area (Å²) in [5, 5.41) is 23.7. The first-order valence-corrected chi connectivity index (χ1v) is 12.0. The van der Waals surface area contributed by atoms with Gasteiger partial charge in [0.15, 0.2) is 11.9 Å². The molecule has 32 heavy (non-hydrogen) atoms. The van der Waals surface area contributed by atoms with Gasteiger partial charge in [-0.05, 0) is 74.2 Å². The highest BCUT2D eigenvalue weighted by Crippen LogP contribution is 2.38. The zero-order valence-corrected chi connectivity index (χ0v) is 24.7. The minimum Gasteiger partial charge on any atom is -0.478 e. The van der Waals surface area contributed by atoms with E-state index in [9.17, 15) is 19.5 Å². The summed E-state index contributed by atoms with van der Waals surface area (Å²) in [5.41, 5.74) is 11.2. The number of halogens is 4. The van der Waals surface area contributed by atoms with Gasteiger partial charge >= 0.3 is 5.97 Å². The molecule has 1 aromatic rings. The van der Waals surface area contributed by atoms with Crippen molar-refractivity contribution in [2.75, 3.05) is 17.2 Å². The predicted molar refractivity (Wildman–Crippen MR) is 154 cm³/mol. The van der Waals surface area contributed by atoms with Crippen LogP contribution in [0.1, 0.15) is 44.0 Å². The molecule has 0 heterocycles. The van der Waals surface area contributed by atoms with Crippen LogP contribution in [0, 0.1) is 16.1 Å². The minimum absolute atomic E-state index is 0. The lowest BCUT2D eigenvalue weighted by Gasteiger charge is -2.17. The molecule has 0 aliphatic rings. The monoisotopic (exact) mass is 807 g/mol. The average Bonchev–Trinajstić information content (AvgIpc) is 2.62. The van der Waals surface area contributed by atoms with E-state index in [4.69, 9.17) is 16.9 Å². The Balaban J connectivity index is 0. The minimum atomic E-state index is -1.12. The van der Waals surface area contributed by atoms with Crippen molar-refractivity contribution in [3.8, 4) is 0 Å². The maximum absolute atomic E-state index is 11.4. The fourth-order valence-corrected chi connectivity index (χ4v) is 6.13. The van der Waals surface area contributed by atoms with Crippen LogP contribution in [0.3, 0.4) is 0 Å². The van der Waals surface area contributed by atoms with Crippen LogP contribution in [0.25, 0.3) is 0 Å². The van der Waals surface area contributed by atoms with E-state index in [1.54, 1.807) is 0 Å². The van der Waals surface area contributed by atoms with Crippen LogP contribution in [0.5, 0.6) is 0 Å². The van der Waals surface area contributed by atoms with E-state index in [-0.39, 0.29) is 41.7 Å². The van der Waals surface area contributed by atoms with Gasteiger partial charge in [0.2, 0.25) is 11.8 Å². The molecule has 0 spiro atoms. The lowest BCUT2D eigenvalue weighted by molar-refractivity contribution is -0.115. The van der Waals surface area contributed by atoms with Gasteiger partial charge in [-0.3, -0.25) is 25.3 Å². The molecule has 0 aliphatic carbocycles. The average molecular weight is 808 g/mol. The zero-order chi connectivity index (χ0) is 24.3. The Morgan fingerprint density at radius 2 is 1.44 bits per heavy atom. The molecule has 0 saturated carbocycles. The number of benzene rings is 1. The van der Waals surface area contributed by atoms with Crippen LogP contribution in [0.2, 0.25) is 0 Å². The van der Waals surface area contributed by atoms with Gasteiger partial charge in [0.1, 0.15) is 0 Å². The van der Waals surface area contributed by atoms with Crippen molar-refractivity contribution in [2.45, 2.75) is 33.6 Å². The van der Waals surface area contributed by atoms with Gasteiger partial charge in [0.25, 0.3) is 0 Å². The van der Waals surface area contributed by atoms with Crippen LogP contribution in [0.15, 0.2) is 4.99 Å². The number of carboxylic acids is 1. The molecule has 0 saturated heterocycles. The molecule has 0 atom stereocenters. The van der Waals surface area contributed by atoms with Gasteiger partial charge in [-0.15, -0.1) is 12.4 Å². The van der Waals surface area contributed by atoms with Crippen molar-refractivity contribution in [1.82, 2.24) is 5.32 Å². The highest BCUT2D eigenvalue weighted by Gasteiger charge is 2.25. The Morgan fingerprint density at radius 3 is 1.75 bits per heavy atom. The molecular formula is C17H25ClI3N7O4. The summed E-state index contributed by atoms with van der Waals surface area (Å²) in [7, 11) is 0. The fourth-order valence-electron chi connectivity index (χ4n) is 1.96. The number of aliphatic imine (C=N–C) groups is 1. The van der Waals surface area contributed by atoms with Crippen molar-refractivity contribution >= 4 is 121 Å². The van der Waals surface area contributed by atoms with Crippen LogP contribution in [-0.4, -0.2) is 41.4 Å². The first-order valence-electron chi connectivity index (χ1n) is 8.73. The number of carbonyl (C=O) groups is 3. The second-order valence-corrected chi connectivity index (χ2v) is 9.13. The van der Waals surface area contributed by atoms with Gasteiger partial charge in [-0.25, -0.2) is 4.79 Å². The quantitative estimate of drug-likeness (QED) is 0.0993. The molecule has 1 aromatic carbocycles. The lowest BCUT2D eigenvalue weighted by atomic mass is 10.1.